The van der Waals surface area contributed by atoms with Crippen LogP contribution in [-0.2, 0) is 14.9 Å². The van der Waals surface area contributed by atoms with Crippen LogP contribution in [-0.4, -0.2) is 55.3 Å². The molecule has 0 atom stereocenters. The number of carboxylic acid groups (broad SMARTS) is 1. The van der Waals surface area contributed by atoms with E-state index in [0.717, 1.165) is 6.42 Å². The summed E-state index contributed by atoms with van der Waals surface area (Å²) >= 11 is 0. The monoisotopic (exact) mass is 267 g/mol. The second kappa shape index (κ2) is 9.15. The van der Waals surface area contributed by atoms with E-state index in [1.807, 2.05) is 6.92 Å². The molecule has 0 aromatic heterocycles. The Bertz CT molecular complexity index is 335. The number of hydrogen-bond acceptors (Lipinski definition) is 4. The van der Waals surface area contributed by atoms with Gasteiger partial charge in [0.05, 0.1) is 5.75 Å². The van der Waals surface area contributed by atoms with E-state index in [9.17, 15) is 13.2 Å². The Balaban J connectivity index is 0. The minimum atomic E-state index is -3.76. The van der Waals surface area contributed by atoms with Gasteiger partial charge in [-0.2, -0.15) is 8.42 Å². The van der Waals surface area contributed by atoms with Crippen LogP contribution in [0.25, 0.3) is 0 Å². The lowest BCUT2D eigenvalue weighted by Gasteiger charge is -2.05. The van der Waals surface area contributed by atoms with Crippen LogP contribution in [0.2, 0.25) is 0 Å². The van der Waals surface area contributed by atoms with Crippen molar-refractivity contribution in [1.29, 1.82) is 0 Å². The molecule has 7 heteroatoms. The molecule has 0 radical (unpaired) electrons. The summed E-state index contributed by atoms with van der Waals surface area (Å²) in [6.07, 6.45) is 1.44. The van der Waals surface area contributed by atoms with Crippen molar-refractivity contribution in [2.45, 2.75) is 19.8 Å². The van der Waals surface area contributed by atoms with Gasteiger partial charge in [-0.25, -0.2) is 4.79 Å². The van der Waals surface area contributed by atoms with Gasteiger partial charge in [-0.3, -0.25) is 4.55 Å². The van der Waals surface area contributed by atoms with Crippen LogP contribution in [0.5, 0.6) is 0 Å². The first kappa shape index (κ1) is 18.4. The lowest BCUT2D eigenvalue weighted by atomic mass is 10.2. The molecule has 17 heavy (non-hydrogen) atoms. The van der Waals surface area contributed by atoms with Crippen LogP contribution in [0.4, 0.5) is 0 Å². The molecule has 6 nitrogen and oxygen atoms in total. The summed E-state index contributed by atoms with van der Waals surface area (Å²) in [6, 6.07) is 0. The Hall–Kier alpha value is -0.920. The second-order valence-electron chi connectivity index (χ2n) is 3.75. The lowest BCUT2D eigenvalue weighted by molar-refractivity contribution is -0.132. The highest BCUT2D eigenvalue weighted by atomic mass is 32.2. The summed E-state index contributed by atoms with van der Waals surface area (Å²) in [5.41, 5.74) is 0.299. The molecule has 0 aromatic rings. The van der Waals surface area contributed by atoms with Crippen molar-refractivity contribution >= 4 is 16.1 Å². The van der Waals surface area contributed by atoms with Crippen LogP contribution in [0.3, 0.4) is 0 Å². The van der Waals surface area contributed by atoms with Gasteiger partial charge in [0.1, 0.15) is 0 Å². The maximum absolute atomic E-state index is 10.1. The average Bonchev–Trinajstić information content (AvgIpc) is 2.15. The highest BCUT2D eigenvalue weighted by molar-refractivity contribution is 7.85. The molecule has 0 aliphatic rings. The second-order valence-corrected chi connectivity index (χ2v) is 5.32. The van der Waals surface area contributed by atoms with E-state index < -0.39 is 16.1 Å². The van der Waals surface area contributed by atoms with E-state index in [-0.39, 0.29) is 5.75 Å². The molecule has 0 aliphatic carbocycles. The quantitative estimate of drug-likeness (QED) is 0.547. The normalized spacial score (nSPS) is 10.6. The molecule has 0 aromatic carbocycles. The summed E-state index contributed by atoms with van der Waals surface area (Å²) in [5, 5.41) is 8.21. The zero-order valence-electron chi connectivity index (χ0n) is 10.5. The van der Waals surface area contributed by atoms with Crippen molar-refractivity contribution in [3.8, 4) is 0 Å². The Labute approximate surface area is 103 Å². The van der Waals surface area contributed by atoms with Crippen molar-refractivity contribution in [2.24, 2.45) is 0 Å². The molecule has 0 bridgehead atoms. The lowest BCUT2D eigenvalue weighted by Crippen LogP contribution is -2.21. The van der Waals surface area contributed by atoms with Gasteiger partial charge in [0.2, 0.25) is 0 Å². The minimum Gasteiger partial charge on any atom is -0.478 e. The van der Waals surface area contributed by atoms with Gasteiger partial charge in [0.15, 0.2) is 0 Å². The highest BCUT2D eigenvalue weighted by Gasteiger charge is 2.03. The van der Waals surface area contributed by atoms with Gasteiger partial charge < -0.3 is 10.0 Å². The maximum Gasteiger partial charge on any atom is 0.330 e. The molecule has 2 N–H and O–H groups in total. The Morgan fingerprint density at radius 1 is 1.35 bits per heavy atom. The summed E-state index contributed by atoms with van der Waals surface area (Å²) in [7, 11) is -0.278. The predicted octanol–water partition coefficient (Wildman–Crippen LogP) is 0.863. The fourth-order valence-electron chi connectivity index (χ4n) is 0.707. The van der Waals surface area contributed by atoms with Gasteiger partial charge in [0, 0.05) is 12.1 Å². The van der Waals surface area contributed by atoms with Gasteiger partial charge in [0.25, 0.3) is 10.1 Å². The van der Waals surface area contributed by atoms with E-state index in [2.05, 4.69) is 6.58 Å². The van der Waals surface area contributed by atoms with Gasteiger partial charge in [-0.1, -0.05) is 19.9 Å². The van der Waals surface area contributed by atoms with Crippen molar-refractivity contribution in [3.63, 3.8) is 0 Å². The highest BCUT2D eigenvalue weighted by Crippen LogP contribution is 1.99. The number of rotatable bonds is 6. The van der Waals surface area contributed by atoms with Crippen LogP contribution in [0.15, 0.2) is 12.2 Å². The first-order valence-corrected chi connectivity index (χ1v) is 6.72. The zero-order chi connectivity index (χ0) is 14.1. The first-order chi connectivity index (χ1) is 7.60. The van der Waals surface area contributed by atoms with E-state index >= 15 is 0 Å². The molecule has 0 spiro atoms. The van der Waals surface area contributed by atoms with Crippen LogP contribution in [0.1, 0.15) is 19.8 Å². The number of carbonyl (C=O) groups is 1. The molecule has 0 unspecified atom stereocenters. The van der Waals surface area contributed by atoms with Crippen molar-refractivity contribution in [2.75, 3.05) is 26.4 Å². The van der Waals surface area contributed by atoms with Crippen LogP contribution >= 0.6 is 0 Å². The molecule has 0 saturated carbocycles. The fourth-order valence-corrected chi connectivity index (χ4v) is 1.30. The number of nitrogens with zero attached hydrogens (tertiary/aromatic N) is 1. The summed E-state index contributed by atoms with van der Waals surface area (Å²) < 4.78 is 28.3. The van der Waals surface area contributed by atoms with E-state index in [1.54, 1.807) is 19.0 Å². The molecule has 0 heterocycles. The molecule has 0 fully saturated rings. The van der Waals surface area contributed by atoms with Crippen molar-refractivity contribution in [3.05, 3.63) is 12.2 Å². The summed E-state index contributed by atoms with van der Waals surface area (Å²) in [4.78, 5) is 11.7. The zero-order valence-corrected chi connectivity index (χ0v) is 11.3. The van der Waals surface area contributed by atoms with Crippen LogP contribution < -0.4 is 0 Å². The van der Waals surface area contributed by atoms with Gasteiger partial charge in [-0.05, 0) is 20.5 Å². The Morgan fingerprint density at radius 3 is 1.94 bits per heavy atom. The minimum absolute atomic E-state index is 0.194. The standard InChI is InChI=1S/C6H10O2.C4H11NO3S/c1-3-4-5(2)6(7)8;1-5(2)3-4-9(6,7)8/h2-4H2,1H3,(H,7,8);3-4H2,1-2H3,(H,6,7,8). The Kier molecular flexibility index (Phi) is 9.92. The molecule has 0 saturated heterocycles. The number of carboxylic acids is 1. The van der Waals surface area contributed by atoms with E-state index in [1.165, 1.54) is 0 Å². The van der Waals surface area contributed by atoms with Crippen molar-refractivity contribution < 1.29 is 22.9 Å². The Morgan fingerprint density at radius 2 is 1.82 bits per heavy atom. The third kappa shape index (κ3) is 17.7. The van der Waals surface area contributed by atoms with Gasteiger partial charge in [-0.15, -0.1) is 0 Å². The molecule has 0 rings (SSSR count). The van der Waals surface area contributed by atoms with Crippen LogP contribution in [0, 0.1) is 0 Å². The first-order valence-electron chi connectivity index (χ1n) is 5.11. The third-order valence-electron chi connectivity index (χ3n) is 1.65. The largest absolute Gasteiger partial charge is 0.478 e. The van der Waals surface area contributed by atoms with Crippen molar-refractivity contribution in [1.82, 2.24) is 4.90 Å². The average molecular weight is 267 g/mol. The molecule has 0 aliphatic heterocycles. The summed E-state index contributed by atoms with van der Waals surface area (Å²) in [6.45, 7) is 5.63. The number of hydrogen-bond donors (Lipinski definition) is 2. The predicted molar refractivity (Wildman–Crippen MR) is 66.7 cm³/mol. The molecule has 0 amide bonds. The third-order valence-corrected chi connectivity index (χ3v) is 2.35. The fraction of sp³-hybridized carbons (Fsp3) is 0.700. The summed E-state index contributed by atoms with van der Waals surface area (Å²) in [5.74, 6) is -1.08. The molecule has 102 valence electrons. The molecular formula is C10H21NO5S. The molecular weight excluding hydrogens is 246 g/mol. The smallest absolute Gasteiger partial charge is 0.330 e. The SMILES string of the molecule is C=C(CCC)C(=O)O.CN(C)CCS(=O)(=O)O. The van der Waals surface area contributed by atoms with E-state index in [4.69, 9.17) is 9.66 Å². The van der Waals surface area contributed by atoms with E-state index in [0.29, 0.717) is 18.5 Å². The maximum atomic E-state index is 10.1. The number of aliphatic carboxylic acids is 1. The van der Waals surface area contributed by atoms with Gasteiger partial charge >= 0.3 is 5.97 Å². The topological polar surface area (TPSA) is 94.9 Å².